The second-order valence-corrected chi connectivity index (χ2v) is 10.8. The van der Waals surface area contributed by atoms with Crippen molar-refractivity contribution in [3.8, 4) is 0 Å². The van der Waals surface area contributed by atoms with Gasteiger partial charge in [-0.3, -0.25) is 0 Å². The number of aromatic carboxylic acids is 2. The van der Waals surface area contributed by atoms with Crippen molar-refractivity contribution in [1.29, 1.82) is 0 Å². The molecule has 2 rings (SSSR count). The molecule has 0 fully saturated rings. The molecule has 2 aromatic carbocycles. The number of carboxylic acid groups (broad SMARTS) is 2. The second kappa shape index (κ2) is 8.61. The molecule has 0 heterocycles. The Morgan fingerprint density at radius 1 is 0.800 bits per heavy atom. The van der Waals surface area contributed by atoms with Crippen molar-refractivity contribution in [3.05, 3.63) is 51.2 Å². The number of carboxylic acids is 2. The maximum atomic E-state index is 11.7. The minimum atomic E-state index is -1.16. The van der Waals surface area contributed by atoms with Gasteiger partial charge < -0.3 is 0 Å². The molecule has 0 saturated heterocycles. The first-order valence-electron chi connectivity index (χ1n) is 6.05. The number of carbonyl (C=O) groups is 2. The molecule has 11 heteroatoms. The zero-order valence-corrected chi connectivity index (χ0v) is 21.1. The molecule has 0 amide bonds. The summed E-state index contributed by atoms with van der Waals surface area (Å²) in [7, 11) is 0. The van der Waals surface area contributed by atoms with E-state index in [0.29, 0.717) is 17.9 Å². The zero-order valence-electron chi connectivity index (χ0n) is 11.5. The molecule has 0 radical (unpaired) electrons. The van der Waals surface area contributed by atoms with E-state index in [2.05, 4.69) is 63.7 Å². The van der Waals surface area contributed by atoms with Gasteiger partial charge >= 0.3 is 194 Å². The Morgan fingerprint density at radius 2 is 1.12 bits per heavy atom. The Morgan fingerprint density at radius 3 is 1.40 bits per heavy atom. The molecular weight excluding hydrogens is 702 g/mol. The number of hydrogen-bond donors (Lipinski definition) is 2. The standard InChI is InChI=1S/C14H4Br4Cl2O4Se/c15-3-1-5(7(13(21)22)9(17)11(3)19)25-6-2-4(16)12(20)10(18)8(6)14(23)24/h1-2H,(H,21,22)(H,23,24). The molecule has 0 aliphatic heterocycles. The molecule has 0 unspecified atom stereocenters. The quantitative estimate of drug-likeness (QED) is 0.344. The van der Waals surface area contributed by atoms with E-state index in [1.165, 1.54) is 0 Å². The SMILES string of the molecule is O=C(O)c1c([Se]c2cc(Br)c(Cl)c(Br)c2C(=O)O)cc(Br)c(Cl)c1Br. The third-order valence-corrected chi connectivity index (χ3v) is 9.71. The van der Waals surface area contributed by atoms with Gasteiger partial charge in [-0.05, 0) is 0 Å². The van der Waals surface area contributed by atoms with Crippen molar-refractivity contribution < 1.29 is 19.8 Å². The summed E-state index contributed by atoms with van der Waals surface area (Å²) in [5.41, 5.74) is -0.0153. The van der Waals surface area contributed by atoms with E-state index in [9.17, 15) is 19.8 Å². The molecule has 0 spiro atoms. The van der Waals surface area contributed by atoms with Gasteiger partial charge in [-0.1, -0.05) is 0 Å². The zero-order chi connectivity index (χ0) is 19.0. The summed E-state index contributed by atoms with van der Waals surface area (Å²) < 4.78 is 2.38. The first-order valence-corrected chi connectivity index (χ1v) is 11.7. The van der Waals surface area contributed by atoms with Crippen LogP contribution in [0.2, 0.25) is 10.0 Å². The number of rotatable bonds is 4. The van der Waals surface area contributed by atoms with Crippen LogP contribution in [0.1, 0.15) is 20.7 Å². The van der Waals surface area contributed by atoms with Gasteiger partial charge in [-0.2, -0.15) is 0 Å². The first-order chi connectivity index (χ1) is 11.6. The molecule has 0 aliphatic rings. The summed E-state index contributed by atoms with van der Waals surface area (Å²) in [5, 5.41) is 19.5. The van der Waals surface area contributed by atoms with E-state index in [1.807, 2.05) is 0 Å². The average Bonchev–Trinajstić information content (AvgIpc) is 2.49. The Kier molecular flexibility index (Phi) is 7.47. The summed E-state index contributed by atoms with van der Waals surface area (Å²) in [6.07, 6.45) is 0. The van der Waals surface area contributed by atoms with E-state index in [4.69, 9.17) is 23.2 Å². The van der Waals surface area contributed by atoms with Gasteiger partial charge in [0, 0.05) is 0 Å². The van der Waals surface area contributed by atoms with Crippen LogP contribution in [0, 0.1) is 0 Å². The fraction of sp³-hybridized carbons (Fsp3) is 0. The first kappa shape index (κ1) is 21.7. The molecule has 0 aromatic heterocycles. The van der Waals surface area contributed by atoms with Gasteiger partial charge in [-0.15, -0.1) is 0 Å². The third-order valence-electron chi connectivity index (χ3n) is 2.90. The molecule has 0 saturated carbocycles. The van der Waals surface area contributed by atoms with Gasteiger partial charge in [0.15, 0.2) is 0 Å². The average molecular weight is 706 g/mol. The van der Waals surface area contributed by atoms with Gasteiger partial charge in [0.25, 0.3) is 0 Å². The van der Waals surface area contributed by atoms with Crippen LogP contribution in [-0.2, 0) is 0 Å². The summed E-state index contributed by atoms with van der Waals surface area (Å²) in [5.74, 6) is -2.33. The molecule has 4 nitrogen and oxygen atoms in total. The normalized spacial score (nSPS) is 10.8. The van der Waals surface area contributed by atoms with Gasteiger partial charge in [0.2, 0.25) is 0 Å². The predicted molar refractivity (Wildman–Crippen MR) is 113 cm³/mol. The molecule has 132 valence electrons. The molecule has 0 aliphatic carbocycles. The van der Waals surface area contributed by atoms with E-state index in [-0.39, 0.29) is 30.1 Å². The molecule has 2 aromatic rings. The van der Waals surface area contributed by atoms with E-state index < -0.39 is 26.9 Å². The van der Waals surface area contributed by atoms with E-state index in [0.717, 1.165) is 0 Å². The Labute approximate surface area is 191 Å². The van der Waals surface area contributed by atoms with Crippen molar-refractivity contribution in [2.75, 3.05) is 0 Å². The third kappa shape index (κ3) is 4.46. The van der Waals surface area contributed by atoms with Crippen molar-refractivity contribution in [3.63, 3.8) is 0 Å². The summed E-state index contributed by atoms with van der Waals surface area (Å²) in [4.78, 5) is 23.3. The van der Waals surface area contributed by atoms with Gasteiger partial charge in [0.1, 0.15) is 0 Å². The van der Waals surface area contributed by atoms with Crippen LogP contribution in [-0.4, -0.2) is 37.1 Å². The minimum absolute atomic E-state index is 0.00765. The number of benzene rings is 2. The fourth-order valence-electron chi connectivity index (χ4n) is 1.82. The van der Waals surface area contributed by atoms with Crippen LogP contribution in [0.15, 0.2) is 30.0 Å². The summed E-state index contributed by atoms with van der Waals surface area (Å²) >= 11 is 24.5. The molecule has 0 bridgehead atoms. The van der Waals surface area contributed by atoms with Crippen LogP contribution < -0.4 is 8.92 Å². The van der Waals surface area contributed by atoms with Crippen molar-refractivity contribution in [2.24, 2.45) is 0 Å². The predicted octanol–water partition coefficient (Wildman–Crippen LogP) is 5.09. The van der Waals surface area contributed by atoms with Crippen LogP contribution in [0.5, 0.6) is 0 Å². The fourth-order valence-corrected chi connectivity index (χ4v) is 8.44. The molecule has 2 N–H and O–H groups in total. The molecular formula is C14H4Br4Cl2O4Se. The summed E-state index contributed by atoms with van der Waals surface area (Å²) in [6, 6.07) is 3.16. The Bertz CT molecular complexity index is 847. The van der Waals surface area contributed by atoms with Crippen molar-refractivity contribution in [2.45, 2.75) is 0 Å². The van der Waals surface area contributed by atoms with Gasteiger partial charge in [-0.25, -0.2) is 0 Å². The van der Waals surface area contributed by atoms with Crippen LogP contribution in [0.3, 0.4) is 0 Å². The van der Waals surface area contributed by atoms with E-state index in [1.54, 1.807) is 12.1 Å². The van der Waals surface area contributed by atoms with E-state index >= 15 is 0 Å². The van der Waals surface area contributed by atoms with Gasteiger partial charge in [0.05, 0.1) is 0 Å². The molecule has 0 atom stereocenters. The maximum absolute atomic E-state index is 11.7. The van der Waals surface area contributed by atoms with Crippen LogP contribution >= 0.6 is 86.9 Å². The Hall–Kier alpha value is 0.399. The number of halogens is 6. The van der Waals surface area contributed by atoms with Crippen molar-refractivity contribution in [1.82, 2.24) is 0 Å². The molecule has 25 heavy (non-hydrogen) atoms. The van der Waals surface area contributed by atoms with Crippen LogP contribution in [0.4, 0.5) is 0 Å². The monoisotopic (exact) mass is 702 g/mol. The summed E-state index contributed by atoms with van der Waals surface area (Å²) in [6.45, 7) is 0. The van der Waals surface area contributed by atoms with Crippen LogP contribution in [0.25, 0.3) is 0 Å². The Balaban J connectivity index is 2.73. The number of hydrogen-bond acceptors (Lipinski definition) is 2. The topological polar surface area (TPSA) is 74.6 Å². The second-order valence-electron chi connectivity index (χ2n) is 4.43. The van der Waals surface area contributed by atoms with Crippen molar-refractivity contribution >= 4 is 123 Å².